The third kappa shape index (κ3) is 3.10. The fourth-order valence-electron chi connectivity index (χ4n) is 2.59. The molecular weight excluding hydrogens is 256 g/mol. The quantitative estimate of drug-likeness (QED) is 0.867. The third-order valence-corrected chi connectivity index (χ3v) is 3.71. The number of piperidine rings is 1. The third-order valence-electron chi connectivity index (χ3n) is 3.71. The van der Waals surface area contributed by atoms with Crippen molar-refractivity contribution in [2.24, 2.45) is 0 Å². The molecule has 0 saturated carbocycles. The summed E-state index contributed by atoms with van der Waals surface area (Å²) in [4.78, 5) is 25.9. The van der Waals surface area contributed by atoms with Crippen molar-refractivity contribution in [1.29, 1.82) is 0 Å². The molecule has 5 nitrogen and oxygen atoms in total. The van der Waals surface area contributed by atoms with Crippen LogP contribution in [-0.2, 0) is 16.0 Å². The lowest BCUT2D eigenvalue weighted by molar-refractivity contribution is -0.141. The first-order valence-electron chi connectivity index (χ1n) is 6.91. The Labute approximate surface area is 118 Å². The molecule has 1 aromatic carbocycles. The number of nitrogens with zero attached hydrogens (tertiary/aromatic N) is 1. The first-order chi connectivity index (χ1) is 9.63. The second kappa shape index (κ2) is 6.41. The summed E-state index contributed by atoms with van der Waals surface area (Å²) in [5, 5.41) is 12.3. The second-order valence-corrected chi connectivity index (χ2v) is 5.02. The van der Waals surface area contributed by atoms with Crippen molar-refractivity contribution in [3.8, 4) is 5.75 Å². The van der Waals surface area contributed by atoms with Crippen LogP contribution in [0, 0.1) is 0 Å². The number of carbonyl (C=O) groups excluding carboxylic acids is 2. The van der Waals surface area contributed by atoms with Gasteiger partial charge in [-0.05, 0) is 25.3 Å². The minimum atomic E-state index is -0.382. The number of aromatic hydroxyl groups is 1. The average Bonchev–Trinajstić information content (AvgIpc) is 2.48. The van der Waals surface area contributed by atoms with Crippen LogP contribution in [0.25, 0.3) is 0 Å². The monoisotopic (exact) mass is 276 g/mol. The molecule has 1 atom stereocenters. The molecule has 2 N–H and O–H groups in total. The summed E-state index contributed by atoms with van der Waals surface area (Å²) >= 11 is 0. The van der Waals surface area contributed by atoms with Crippen LogP contribution in [0.5, 0.6) is 5.75 Å². The van der Waals surface area contributed by atoms with Crippen LogP contribution in [0.2, 0.25) is 0 Å². The van der Waals surface area contributed by atoms with Gasteiger partial charge in [-0.1, -0.05) is 18.2 Å². The normalized spacial score (nSPS) is 18.6. The van der Waals surface area contributed by atoms with Crippen LogP contribution in [-0.4, -0.2) is 41.5 Å². The van der Waals surface area contributed by atoms with E-state index in [1.54, 1.807) is 36.2 Å². The topological polar surface area (TPSA) is 69.6 Å². The van der Waals surface area contributed by atoms with Crippen molar-refractivity contribution < 1.29 is 14.7 Å². The standard InChI is InChI=1S/C15H20N2O3/c1-16-15(20)12-7-4-5-9-17(12)14(19)10-11-6-2-3-8-13(11)18/h2-3,6,8,12,18H,4-5,7,9-10H2,1H3,(H,16,20). The van der Waals surface area contributed by atoms with Gasteiger partial charge in [-0.15, -0.1) is 0 Å². The Morgan fingerprint density at radius 1 is 1.35 bits per heavy atom. The molecule has 1 saturated heterocycles. The zero-order valence-corrected chi connectivity index (χ0v) is 11.6. The molecule has 0 spiro atoms. The largest absolute Gasteiger partial charge is 0.508 e. The highest BCUT2D eigenvalue weighted by atomic mass is 16.3. The van der Waals surface area contributed by atoms with E-state index in [0.29, 0.717) is 18.5 Å². The zero-order valence-electron chi connectivity index (χ0n) is 11.6. The van der Waals surface area contributed by atoms with E-state index in [2.05, 4.69) is 5.32 Å². The van der Waals surface area contributed by atoms with E-state index < -0.39 is 0 Å². The number of carbonyl (C=O) groups is 2. The zero-order chi connectivity index (χ0) is 14.5. The molecule has 1 fully saturated rings. The number of nitrogens with one attached hydrogen (secondary N) is 1. The Balaban J connectivity index is 2.10. The van der Waals surface area contributed by atoms with Crippen LogP contribution in [0.4, 0.5) is 0 Å². The molecule has 20 heavy (non-hydrogen) atoms. The average molecular weight is 276 g/mol. The van der Waals surface area contributed by atoms with Gasteiger partial charge in [0, 0.05) is 19.2 Å². The number of para-hydroxylation sites is 1. The van der Waals surface area contributed by atoms with E-state index >= 15 is 0 Å². The Kier molecular flexibility index (Phi) is 4.61. The minimum absolute atomic E-state index is 0.111. The molecule has 2 amide bonds. The lowest BCUT2D eigenvalue weighted by Crippen LogP contribution is -2.51. The fraction of sp³-hybridized carbons (Fsp3) is 0.467. The second-order valence-electron chi connectivity index (χ2n) is 5.02. The Morgan fingerprint density at radius 3 is 2.80 bits per heavy atom. The molecule has 0 aliphatic carbocycles. The number of rotatable bonds is 3. The van der Waals surface area contributed by atoms with Gasteiger partial charge >= 0.3 is 0 Å². The molecule has 1 aliphatic heterocycles. The Morgan fingerprint density at radius 2 is 2.10 bits per heavy atom. The summed E-state index contributed by atoms with van der Waals surface area (Å²) in [5.74, 6) is -0.107. The Bertz CT molecular complexity index is 502. The maximum atomic E-state index is 12.4. The maximum absolute atomic E-state index is 12.4. The molecule has 0 aromatic heterocycles. The van der Waals surface area contributed by atoms with Crippen LogP contribution < -0.4 is 5.32 Å². The highest BCUT2D eigenvalue weighted by Crippen LogP contribution is 2.21. The maximum Gasteiger partial charge on any atom is 0.242 e. The Hall–Kier alpha value is -2.04. The summed E-state index contributed by atoms with van der Waals surface area (Å²) in [7, 11) is 1.59. The minimum Gasteiger partial charge on any atom is -0.508 e. The molecule has 1 aliphatic rings. The first-order valence-corrected chi connectivity index (χ1v) is 6.91. The number of likely N-dealkylation sites (tertiary alicyclic amines) is 1. The molecule has 1 unspecified atom stereocenters. The van der Waals surface area contributed by atoms with Crippen molar-refractivity contribution in [3.05, 3.63) is 29.8 Å². The number of hydrogen-bond acceptors (Lipinski definition) is 3. The first kappa shape index (κ1) is 14.4. The van der Waals surface area contributed by atoms with E-state index in [4.69, 9.17) is 0 Å². The summed E-state index contributed by atoms with van der Waals surface area (Å²) in [5.41, 5.74) is 0.596. The molecular formula is C15H20N2O3. The van der Waals surface area contributed by atoms with Gasteiger partial charge in [-0.3, -0.25) is 9.59 Å². The van der Waals surface area contributed by atoms with Crippen molar-refractivity contribution >= 4 is 11.8 Å². The lowest BCUT2D eigenvalue weighted by Gasteiger charge is -2.34. The van der Waals surface area contributed by atoms with Crippen molar-refractivity contribution in [2.45, 2.75) is 31.7 Å². The van der Waals surface area contributed by atoms with E-state index in [0.717, 1.165) is 12.8 Å². The lowest BCUT2D eigenvalue weighted by atomic mass is 10.00. The van der Waals surface area contributed by atoms with Crippen LogP contribution in [0.15, 0.2) is 24.3 Å². The predicted molar refractivity (Wildman–Crippen MR) is 75.2 cm³/mol. The van der Waals surface area contributed by atoms with Crippen molar-refractivity contribution in [3.63, 3.8) is 0 Å². The van der Waals surface area contributed by atoms with Gasteiger partial charge in [0.05, 0.1) is 6.42 Å². The van der Waals surface area contributed by atoms with Crippen LogP contribution >= 0.6 is 0 Å². The molecule has 2 rings (SSSR count). The fourth-order valence-corrected chi connectivity index (χ4v) is 2.59. The SMILES string of the molecule is CNC(=O)C1CCCCN1C(=O)Cc1ccccc1O. The van der Waals surface area contributed by atoms with Gasteiger partial charge in [-0.2, -0.15) is 0 Å². The van der Waals surface area contributed by atoms with Gasteiger partial charge in [0.25, 0.3) is 0 Å². The summed E-state index contributed by atoms with van der Waals surface area (Å²) in [6.45, 7) is 0.602. The van der Waals surface area contributed by atoms with Crippen LogP contribution in [0.1, 0.15) is 24.8 Å². The smallest absolute Gasteiger partial charge is 0.242 e. The van der Waals surface area contributed by atoms with Gasteiger partial charge in [0.1, 0.15) is 11.8 Å². The highest BCUT2D eigenvalue weighted by Gasteiger charge is 2.31. The van der Waals surface area contributed by atoms with Crippen molar-refractivity contribution in [1.82, 2.24) is 10.2 Å². The van der Waals surface area contributed by atoms with E-state index in [9.17, 15) is 14.7 Å². The van der Waals surface area contributed by atoms with Gasteiger partial charge in [-0.25, -0.2) is 0 Å². The number of hydrogen-bond donors (Lipinski definition) is 2. The summed E-state index contributed by atoms with van der Waals surface area (Å²) in [6, 6.07) is 6.42. The number of likely N-dealkylation sites (N-methyl/N-ethyl adjacent to an activating group) is 1. The molecule has 1 heterocycles. The van der Waals surface area contributed by atoms with Gasteiger partial charge in [0.15, 0.2) is 0 Å². The number of benzene rings is 1. The van der Waals surface area contributed by atoms with Crippen LogP contribution in [0.3, 0.4) is 0 Å². The number of amides is 2. The molecule has 0 bridgehead atoms. The van der Waals surface area contributed by atoms with Crippen molar-refractivity contribution in [2.75, 3.05) is 13.6 Å². The highest BCUT2D eigenvalue weighted by molar-refractivity contribution is 5.88. The molecule has 108 valence electrons. The van der Waals surface area contributed by atoms with E-state index in [1.807, 2.05) is 0 Å². The summed E-state index contributed by atoms with van der Waals surface area (Å²) in [6.07, 6.45) is 2.70. The summed E-state index contributed by atoms with van der Waals surface area (Å²) < 4.78 is 0. The van der Waals surface area contributed by atoms with E-state index in [1.165, 1.54) is 0 Å². The molecule has 0 radical (unpaired) electrons. The van der Waals surface area contributed by atoms with E-state index in [-0.39, 0.29) is 30.0 Å². The molecule has 1 aromatic rings. The molecule has 5 heteroatoms. The van der Waals surface area contributed by atoms with Gasteiger partial charge in [0.2, 0.25) is 11.8 Å². The van der Waals surface area contributed by atoms with Gasteiger partial charge < -0.3 is 15.3 Å². The number of phenols is 1. The predicted octanol–water partition coefficient (Wildman–Crippen LogP) is 1.06. The number of phenolic OH excluding ortho intramolecular Hbond substituents is 1.